The Morgan fingerprint density at radius 2 is 1.70 bits per heavy atom. The number of hydrogen-bond donors (Lipinski definition) is 0. The van der Waals surface area contributed by atoms with Gasteiger partial charge in [0, 0.05) is 24.9 Å². The van der Waals surface area contributed by atoms with Gasteiger partial charge in [-0.05, 0) is 17.7 Å². The SMILES string of the molecule is Cn1cc(S(=O)(=O)N(Cc2ccccc2)c2ccccn2)c(C(C)(C)C)n1. The molecular weight excluding hydrogens is 360 g/mol. The van der Waals surface area contributed by atoms with Gasteiger partial charge in [0.1, 0.15) is 10.7 Å². The van der Waals surface area contributed by atoms with E-state index in [0.29, 0.717) is 11.5 Å². The van der Waals surface area contributed by atoms with Crippen molar-refractivity contribution in [2.75, 3.05) is 4.31 Å². The van der Waals surface area contributed by atoms with Gasteiger partial charge in [-0.2, -0.15) is 5.10 Å². The second kappa shape index (κ2) is 7.15. The van der Waals surface area contributed by atoms with E-state index in [1.165, 1.54) is 4.31 Å². The summed E-state index contributed by atoms with van der Waals surface area (Å²) in [5.41, 5.74) is 1.01. The quantitative estimate of drug-likeness (QED) is 0.675. The zero-order chi connectivity index (χ0) is 19.7. The Morgan fingerprint density at radius 1 is 1.04 bits per heavy atom. The number of sulfonamides is 1. The number of aryl methyl sites for hydroxylation is 1. The molecular formula is C20H24N4O2S. The fraction of sp³-hybridized carbons (Fsp3) is 0.300. The van der Waals surface area contributed by atoms with Crippen LogP contribution in [0.5, 0.6) is 0 Å². The summed E-state index contributed by atoms with van der Waals surface area (Å²) in [4.78, 5) is 4.49. The third kappa shape index (κ3) is 4.03. The highest BCUT2D eigenvalue weighted by molar-refractivity contribution is 7.92. The van der Waals surface area contributed by atoms with Crippen molar-refractivity contribution < 1.29 is 8.42 Å². The van der Waals surface area contributed by atoms with Gasteiger partial charge in [0.25, 0.3) is 10.0 Å². The van der Waals surface area contributed by atoms with Gasteiger partial charge < -0.3 is 0 Å². The molecule has 142 valence electrons. The number of pyridine rings is 1. The molecule has 1 aromatic carbocycles. The minimum atomic E-state index is -3.86. The van der Waals surface area contributed by atoms with E-state index in [4.69, 9.17) is 0 Å². The summed E-state index contributed by atoms with van der Waals surface area (Å²) < 4.78 is 30.2. The highest BCUT2D eigenvalue weighted by atomic mass is 32.2. The first-order valence-corrected chi connectivity index (χ1v) is 10.2. The van der Waals surface area contributed by atoms with E-state index in [1.807, 2.05) is 51.1 Å². The van der Waals surface area contributed by atoms with Crippen LogP contribution in [-0.4, -0.2) is 23.2 Å². The summed E-state index contributed by atoms with van der Waals surface area (Å²) in [6.07, 6.45) is 3.16. The van der Waals surface area contributed by atoms with Crippen LogP contribution in [-0.2, 0) is 29.0 Å². The van der Waals surface area contributed by atoms with Gasteiger partial charge >= 0.3 is 0 Å². The average Bonchev–Trinajstić information content (AvgIpc) is 3.04. The summed E-state index contributed by atoms with van der Waals surface area (Å²) in [6.45, 7) is 6.06. The molecule has 0 radical (unpaired) electrons. The molecule has 0 spiro atoms. The number of hydrogen-bond acceptors (Lipinski definition) is 4. The number of benzene rings is 1. The third-order valence-electron chi connectivity index (χ3n) is 4.15. The van der Waals surface area contributed by atoms with E-state index in [0.717, 1.165) is 5.56 Å². The Labute approximate surface area is 160 Å². The van der Waals surface area contributed by atoms with Crippen molar-refractivity contribution in [3.8, 4) is 0 Å². The van der Waals surface area contributed by atoms with Crippen LogP contribution in [0, 0.1) is 0 Å². The van der Waals surface area contributed by atoms with Gasteiger partial charge in [-0.3, -0.25) is 4.68 Å². The number of nitrogens with zero attached hydrogens (tertiary/aromatic N) is 4. The lowest BCUT2D eigenvalue weighted by atomic mass is 9.92. The predicted molar refractivity (Wildman–Crippen MR) is 106 cm³/mol. The van der Waals surface area contributed by atoms with Gasteiger partial charge in [-0.25, -0.2) is 17.7 Å². The molecule has 0 aliphatic carbocycles. The predicted octanol–water partition coefficient (Wildman–Crippen LogP) is 3.51. The number of anilines is 1. The molecule has 0 amide bonds. The zero-order valence-electron chi connectivity index (χ0n) is 16.0. The summed E-state index contributed by atoms with van der Waals surface area (Å²) in [5.74, 6) is 0.380. The monoisotopic (exact) mass is 384 g/mol. The normalized spacial score (nSPS) is 12.1. The van der Waals surface area contributed by atoms with Crippen molar-refractivity contribution in [2.24, 2.45) is 7.05 Å². The fourth-order valence-electron chi connectivity index (χ4n) is 2.83. The highest BCUT2D eigenvalue weighted by Crippen LogP contribution is 2.31. The Bertz CT molecular complexity index is 1010. The van der Waals surface area contributed by atoms with Gasteiger partial charge in [-0.1, -0.05) is 57.2 Å². The van der Waals surface area contributed by atoms with E-state index < -0.39 is 15.4 Å². The summed E-state index contributed by atoms with van der Waals surface area (Å²) in [6, 6.07) is 14.7. The molecule has 3 aromatic rings. The molecule has 27 heavy (non-hydrogen) atoms. The Morgan fingerprint density at radius 3 is 2.30 bits per heavy atom. The summed E-state index contributed by atoms with van der Waals surface area (Å²) in [5, 5.41) is 4.42. The molecule has 0 aliphatic heterocycles. The third-order valence-corrected chi connectivity index (χ3v) is 5.90. The molecule has 0 N–H and O–H groups in total. The van der Waals surface area contributed by atoms with Crippen molar-refractivity contribution in [2.45, 2.75) is 37.6 Å². The molecule has 0 saturated heterocycles. The van der Waals surface area contributed by atoms with Crippen molar-refractivity contribution >= 4 is 15.8 Å². The molecule has 0 unspecified atom stereocenters. The van der Waals surface area contributed by atoms with Crippen molar-refractivity contribution in [1.29, 1.82) is 0 Å². The Hall–Kier alpha value is -2.67. The van der Waals surface area contributed by atoms with Crippen molar-refractivity contribution in [3.05, 3.63) is 72.2 Å². The molecule has 6 nitrogen and oxygen atoms in total. The van der Waals surface area contributed by atoms with Crippen LogP contribution < -0.4 is 4.31 Å². The lowest BCUT2D eigenvalue weighted by Crippen LogP contribution is -2.32. The van der Waals surface area contributed by atoms with Crippen molar-refractivity contribution in [1.82, 2.24) is 14.8 Å². The average molecular weight is 385 g/mol. The smallest absolute Gasteiger partial charge is 0.269 e. The maximum Gasteiger partial charge on any atom is 0.269 e. The van der Waals surface area contributed by atoms with Gasteiger partial charge in [0.05, 0.1) is 12.2 Å². The van der Waals surface area contributed by atoms with E-state index in [9.17, 15) is 8.42 Å². The second-order valence-electron chi connectivity index (χ2n) is 7.45. The first-order chi connectivity index (χ1) is 12.7. The van der Waals surface area contributed by atoms with Gasteiger partial charge in [0.2, 0.25) is 0 Å². The molecule has 7 heteroatoms. The second-order valence-corrected chi connectivity index (χ2v) is 9.28. The molecule has 2 heterocycles. The van der Waals surface area contributed by atoms with Crippen LogP contribution in [0.15, 0.2) is 65.8 Å². The standard InChI is InChI=1S/C20H24N4O2S/c1-20(2,3)19-17(15-23(4)22-19)27(25,26)24(18-12-8-9-13-21-18)14-16-10-6-5-7-11-16/h5-13,15H,14H2,1-4H3. The Kier molecular flexibility index (Phi) is 5.06. The fourth-order valence-corrected chi connectivity index (χ4v) is 4.62. The Balaban J connectivity index is 2.14. The number of aromatic nitrogens is 3. The zero-order valence-corrected chi connectivity index (χ0v) is 16.8. The minimum Gasteiger partial charge on any atom is -0.274 e. The first kappa shape index (κ1) is 19.1. The lowest BCUT2D eigenvalue weighted by Gasteiger charge is -2.25. The summed E-state index contributed by atoms with van der Waals surface area (Å²) in [7, 11) is -2.13. The van der Waals surface area contributed by atoms with Crippen LogP contribution in [0.2, 0.25) is 0 Å². The summed E-state index contributed by atoms with van der Waals surface area (Å²) >= 11 is 0. The van der Waals surface area contributed by atoms with Crippen LogP contribution in [0.1, 0.15) is 32.0 Å². The van der Waals surface area contributed by atoms with E-state index >= 15 is 0 Å². The molecule has 0 aliphatic rings. The maximum atomic E-state index is 13.7. The molecule has 2 aromatic heterocycles. The molecule has 0 bridgehead atoms. The maximum absolute atomic E-state index is 13.7. The van der Waals surface area contributed by atoms with E-state index in [-0.39, 0.29) is 11.4 Å². The van der Waals surface area contributed by atoms with Crippen LogP contribution >= 0.6 is 0 Å². The molecule has 0 atom stereocenters. The molecule has 3 rings (SSSR count). The van der Waals surface area contributed by atoms with Crippen LogP contribution in [0.25, 0.3) is 0 Å². The number of rotatable bonds is 5. The van der Waals surface area contributed by atoms with Crippen LogP contribution in [0.4, 0.5) is 5.82 Å². The lowest BCUT2D eigenvalue weighted by molar-refractivity contribution is 0.537. The van der Waals surface area contributed by atoms with Gasteiger partial charge in [0.15, 0.2) is 0 Å². The topological polar surface area (TPSA) is 68.1 Å². The van der Waals surface area contributed by atoms with E-state index in [1.54, 1.807) is 42.3 Å². The highest BCUT2D eigenvalue weighted by Gasteiger charge is 2.34. The minimum absolute atomic E-state index is 0.193. The molecule has 0 fully saturated rings. The largest absolute Gasteiger partial charge is 0.274 e. The molecule has 0 saturated carbocycles. The van der Waals surface area contributed by atoms with E-state index in [2.05, 4.69) is 10.1 Å². The van der Waals surface area contributed by atoms with Gasteiger partial charge in [-0.15, -0.1) is 0 Å². The van der Waals surface area contributed by atoms with Crippen molar-refractivity contribution in [3.63, 3.8) is 0 Å². The van der Waals surface area contributed by atoms with Crippen LogP contribution in [0.3, 0.4) is 0 Å². The first-order valence-electron chi connectivity index (χ1n) is 8.71.